The van der Waals surface area contributed by atoms with Crippen molar-refractivity contribution < 1.29 is 14.0 Å². The van der Waals surface area contributed by atoms with E-state index in [-0.39, 0.29) is 30.2 Å². The van der Waals surface area contributed by atoms with Crippen LogP contribution in [0, 0.1) is 5.82 Å². The van der Waals surface area contributed by atoms with Crippen LogP contribution in [0.25, 0.3) is 10.8 Å². The third-order valence-electron chi connectivity index (χ3n) is 7.09. The SMILES string of the molecule is CC[C@@H](C(=O)NC1CCCCC1)N(Cc1ccc(F)cc1)C(=O)CCc1cccc2ccccc12. The zero-order valence-electron chi connectivity index (χ0n) is 20.5. The number of rotatable bonds is 9. The Balaban J connectivity index is 1.52. The predicted octanol–water partition coefficient (Wildman–Crippen LogP) is 6.17. The Hall–Kier alpha value is -3.21. The van der Waals surface area contributed by atoms with Crippen molar-refractivity contribution >= 4 is 22.6 Å². The number of aryl methyl sites for hydroxylation is 1. The van der Waals surface area contributed by atoms with Gasteiger partial charge in [-0.25, -0.2) is 4.39 Å². The fourth-order valence-electron chi connectivity index (χ4n) is 5.15. The number of halogens is 1. The van der Waals surface area contributed by atoms with E-state index in [0.29, 0.717) is 19.3 Å². The first-order valence-corrected chi connectivity index (χ1v) is 12.9. The van der Waals surface area contributed by atoms with Crippen molar-refractivity contribution in [3.63, 3.8) is 0 Å². The van der Waals surface area contributed by atoms with Crippen LogP contribution in [0.15, 0.2) is 66.7 Å². The summed E-state index contributed by atoms with van der Waals surface area (Å²) >= 11 is 0. The summed E-state index contributed by atoms with van der Waals surface area (Å²) in [5.74, 6) is -0.461. The minimum atomic E-state index is -0.554. The number of carbonyl (C=O) groups excluding carboxylic acids is 2. The predicted molar refractivity (Wildman–Crippen MR) is 138 cm³/mol. The highest BCUT2D eigenvalue weighted by molar-refractivity contribution is 5.89. The summed E-state index contributed by atoms with van der Waals surface area (Å²) in [6.45, 7) is 2.23. The summed E-state index contributed by atoms with van der Waals surface area (Å²) in [4.78, 5) is 28.6. The Labute approximate surface area is 207 Å². The topological polar surface area (TPSA) is 49.4 Å². The van der Waals surface area contributed by atoms with Crippen LogP contribution in [0.4, 0.5) is 4.39 Å². The second-order valence-corrected chi connectivity index (χ2v) is 9.55. The highest BCUT2D eigenvalue weighted by Crippen LogP contribution is 2.22. The molecule has 184 valence electrons. The van der Waals surface area contributed by atoms with Crippen molar-refractivity contribution in [1.82, 2.24) is 10.2 Å². The maximum Gasteiger partial charge on any atom is 0.243 e. The van der Waals surface area contributed by atoms with Crippen LogP contribution in [-0.4, -0.2) is 28.8 Å². The first kappa shape index (κ1) is 24.9. The second kappa shape index (κ2) is 12.0. The summed E-state index contributed by atoms with van der Waals surface area (Å²) in [6.07, 6.45) is 6.90. The second-order valence-electron chi connectivity index (χ2n) is 9.55. The molecule has 1 saturated carbocycles. The molecule has 0 aromatic heterocycles. The number of amides is 2. The molecule has 1 fully saturated rings. The van der Waals surface area contributed by atoms with Gasteiger partial charge in [-0.3, -0.25) is 9.59 Å². The lowest BCUT2D eigenvalue weighted by Crippen LogP contribution is -2.51. The van der Waals surface area contributed by atoms with E-state index in [4.69, 9.17) is 0 Å². The van der Waals surface area contributed by atoms with Crippen LogP contribution in [0.5, 0.6) is 0 Å². The average molecular weight is 475 g/mol. The van der Waals surface area contributed by atoms with Gasteiger partial charge in [0.2, 0.25) is 11.8 Å². The van der Waals surface area contributed by atoms with E-state index in [0.717, 1.165) is 47.6 Å². The van der Waals surface area contributed by atoms with Crippen LogP contribution in [0.1, 0.15) is 63.0 Å². The van der Waals surface area contributed by atoms with Gasteiger partial charge in [-0.1, -0.05) is 80.8 Å². The molecule has 0 unspecified atom stereocenters. The van der Waals surface area contributed by atoms with E-state index in [1.807, 2.05) is 25.1 Å². The van der Waals surface area contributed by atoms with Gasteiger partial charge in [0.1, 0.15) is 11.9 Å². The summed E-state index contributed by atoms with van der Waals surface area (Å²) in [5, 5.41) is 5.51. The lowest BCUT2D eigenvalue weighted by molar-refractivity contribution is -0.141. The largest absolute Gasteiger partial charge is 0.352 e. The van der Waals surface area contributed by atoms with E-state index in [2.05, 4.69) is 29.6 Å². The van der Waals surface area contributed by atoms with Crippen molar-refractivity contribution in [2.45, 2.75) is 76.9 Å². The molecule has 35 heavy (non-hydrogen) atoms. The summed E-state index contributed by atoms with van der Waals surface area (Å²) in [6, 6.07) is 20.1. The molecule has 0 spiro atoms. The van der Waals surface area contributed by atoms with Crippen molar-refractivity contribution in [2.24, 2.45) is 0 Å². The lowest BCUT2D eigenvalue weighted by atomic mass is 9.95. The van der Waals surface area contributed by atoms with E-state index in [9.17, 15) is 14.0 Å². The van der Waals surface area contributed by atoms with E-state index in [1.54, 1.807) is 17.0 Å². The molecule has 3 aromatic carbocycles. The number of hydrogen-bond donors (Lipinski definition) is 1. The maximum absolute atomic E-state index is 13.6. The first-order valence-electron chi connectivity index (χ1n) is 12.9. The molecule has 1 atom stereocenters. The normalized spacial score (nSPS) is 15.0. The number of carbonyl (C=O) groups is 2. The monoisotopic (exact) mass is 474 g/mol. The fourth-order valence-corrected chi connectivity index (χ4v) is 5.15. The average Bonchev–Trinajstić information content (AvgIpc) is 2.89. The number of nitrogens with one attached hydrogen (secondary N) is 1. The molecule has 4 rings (SSSR count). The van der Waals surface area contributed by atoms with Gasteiger partial charge in [0.05, 0.1) is 0 Å². The first-order chi connectivity index (χ1) is 17.0. The van der Waals surface area contributed by atoms with Crippen LogP contribution >= 0.6 is 0 Å². The Morgan fingerprint density at radius 1 is 0.971 bits per heavy atom. The van der Waals surface area contributed by atoms with Crippen molar-refractivity contribution in [3.05, 3.63) is 83.7 Å². The number of hydrogen-bond acceptors (Lipinski definition) is 2. The maximum atomic E-state index is 13.6. The van der Waals surface area contributed by atoms with Crippen LogP contribution in [0.3, 0.4) is 0 Å². The minimum Gasteiger partial charge on any atom is -0.352 e. The summed E-state index contributed by atoms with van der Waals surface area (Å²) < 4.78 is 13.5. The number of fused-ring (bicyclic) bond motifs is 1. The van der Waals surface area contributed by atoms with E-state index >= 15 is 0 Å². The molecule has 0 bridgehead atoms. The Bertz CT molecular complexity index is 1130. The van der Waals surface area contributed by atoms with E-state index in [1.165, 1.54) is 18.6 Å². The summed E-state index contributed by atoms with van der Waals surface area (Å²) in [7, 11) is 0. The van der Waals surface area contributed by atoms with Gasteiger partial charge in [0.15, 0.2) is 0 Å². The fraction of sp³-hybridized carbons (Fsp3) is 0.400. The molecule has 1 aliphatic rings. The van der Waals surface area contributed by atoms with Gasteiger partial charge in [0.25, 0.3) is 0 Å². The van der Waals surface area contributed by atoms with Crippen molar-refractivity contribution in [1.29, 1.82) is 0 Å². The lowest BCUT2D eigenvalue weighted by Gasteiger charge is -2.33. The minimum absolute atomic E-state index is 0.0621. The third-order valence-corrected chi connectivity index (χ3v) is 7.09. The van der Waals surface area contributed by atoms with Crippen LogP contribution in [0.2, 0.25) is 0 Å². The van der Waals surface area contributed by atoms with Crippen molar-refractivity contribution in [2.75, 3.05) is 0 Å². The molecule has 1 N–H and O–H groups in total. The molecule has 5 heteroatoms. The Kier molecular flexibility index (Phi) is 8.51. The highest BCUT2D eigenvalue weighted by Gasteiger charge is 2.30. The zero-order valence-corrected chi connectivity index (χ0v) is 20.5. The number of benzene rings is 3. The van der Waals surface area contributed by atoms with Gasteiger partial charge in [-0.15, -0.1) is 0 Å². The molecular formula is C30H35FN2O2. The van der Waals surface area contributed by atoms with Crippen molar-refractivity contribution in [3.8, 4) is 0 Å². The summed E-state index contributed by atoms with van der Waals surface area (Å²) in [5.41, 5.74) is 1.94. The van der Waals surface area contributed by atoms with Gasteiger partial charge in [-0.05, 0) is 59.7 Å². The van der Waals surface area contributed by atoms with Gasteiger partial charge in [-0.2, -0.15) is 0 Å². The third kappa shape index (κ3) is 6.47. The van der Waals surface area contributed by atoms with Gasteiger partial charge in [0, 0.05) is 19.0 Å². The molecular weight excluding hydrogens is 439 g/mol. The molecule has 2 amide bonds. The van der Waals surface area contributed by atoms with Crippen LogP contribution < -0.4 is 5.32 Å². The molecule has 3 aromatic rings. The molecule has 0 aliphatic heterocycles. The van der Waals surface area contributed by atoms with Gasteiger partial charge >= 0.3 is 0 Å². The quantitative estimate of drug-likeness (QED) is 0.403. The zero-order chi connectivity index (χ0) is 24.6. The van der Waals surface area contributed by atoms with Gasteiger partial charge < -0.3 is 10.2 Å². The Morgan fingerprint density at radius 3 is 2.43 bits per heavy atom. The molecule has 0 saturated heterocycles. The molecule has 4 nitrogen and oxygen atoms in total. The smallest absolute Gasteiger partial charge is 0.243 e. The molecule has 0 heterocycles. The Morgan fingerprint density at radius 2 is 1.69 bits per heavy atom. The standard InChI is InChI=1S/C30H35FN2O2/c1-2-28(30(35)32-26-12-4-3-5-13-26)33(21-22-15-18-25(31)19-16-22)29(34)20-17-24-11-8-10-23-9-6-7-14-27(23)24/h6-11,14-16,18-19,26,28H,2-5,12-13,17,20-21H2,1H3,(H,32,35)/t28-/m0/s1. The van der Waals surface area contributed by atoms with E-state index < -0.39 is 6.04 Å². The molecule has 1 aliphatic carbocycles. The highest BCUT2D eigenvalue weighted by atomic mass is 19.1. The molecule has 0 radical (unpaired) electrons. The van der Waals surface area contributed by atoms with Crippen LogP contribution in [-0.2, 0) is 22.6 Å². The number of nitrogens with zero attached hydrogens (tertiary/aromatic N) is 1.